The second kappa shape index (κ2) is 7.64. The first-order valence-electron chi connectivity index (χ1n) is 10.3. The fraction of sp³-hybridized carbons (Fsp3) is 0.750. The SMILES string of the molecule is CC(OC(O)C(C)(CC(C)(C)C)C(C)(C)C)c1ccc2c(c1)CCCC2. The van der Waals surface area contributed by atoms with E-state index in [4.69, 9.17) is 4.74 Å². The summed E-state index contributed by atoms with van der Waals surface area (Å²) < 4.78 is 6.22. The largest absolute Gasteiger partial charge is 0.367 e. The van der Waals surface area contributed by atoms with Crippen molar-refractivity contribution < 1.29 is 9.84 Å². The summed E-state index contributed by atoms with van der Waals surface area (Å²) in [5.41, 5.74) is 3.87. The lowest BCUT2D eigenvalue weighted by Crippen LogP contribution is -2.47. The molecule has 0 spiro atoms. The summed E-state index contributed by atoms with van der Waals surface area (Å²) in [5, 5.41) is 11.1. The van der Waals surface area contributed by atoms with Crippen molar-refractivity contribution in [1.29, 1.82) is 0 Å². The van der Waals surface area contributed by atoms with Gasteiger partial charge in [-0.05, 0) is 66.5 Å². The monoisotopic (exact) mass is 360 g/mol. The van der Waals surface area contributed by atoms with E-state index in [1.165, 1.54) is 42.4 Å². The van der Waals surface area contributed by atoms with Crippen LogP contribution in [-0.2, 0) is 17.6 Å². The molecule has 3 atom stereocenters. The number of hydrogen-bond acceptors (Lipinski definition) is 2. The molecule has 0 aliphatic heterocycles. The van der Waals surface area contributed by atoms with Crippen LogP contribution >= 0.6 is 0 Å². The molecule has 0 radical (unpaired) electrons. The van der Waals surface area contributed by atoms with Gasteiger partial charge >= 0.3 is 0 Å². The molecule has 0 aromatic heterocycles. The molecule has 1 aromatic carbocycles. The quantitative estimate of drug-likeness (QED) is 0.611. The third-order valence-corrected chi connectivity index (χ3v) is 6.33. The molecule has 0 amide bonds. The van der Waals surface area contributed by atoms with Gasteiger partial charge in [-0.25, -0.2) is 0 Å². The Labute approximate surface area is 161 Å². The minimum Gasteiger partial charge on any atom is -0.367 e. The summed E-state index contributed by atoms with van der Waals surface area (Å²) in [7, 11) is 0. The Balaban J connectivity index is 2.19. The maximum absolute atomic E-state index is 11.1. The normalized spacial score (nSPS) is 20.2. The molecule has 0 saturated heterocycles. The van der Waals surface area contributed by atoms with Crippen molar-refractivity contribution in [3.05, 3.63) is 34.9 Å². The lowest BCUT2D eigenvalue weighted by molar-refractivity contribution is -0.231. The summed E-state index contributed by atoms with van der Waals surface area (Å²) in [6.07, 6.45) is 4.94. The van der Waals surface area contributed by atoms with Crippen LogP contribution in [0.25, 0.3) is 0 Å². The number of fused-ring (bicyclic) bond motifs is 1. The Hall–Kier alpha value is -0.860. The van der Waals surface area contributed by atoms with E-state index in [-0.39, 0.29) is 22.3 Å². The number of hydrogen-bond donors (Lipinski definition) is 1. The van der Waals surface area contributed by atoms with Crippen LogP contribution in [0.3, 0.4) is 0 Å². The van der Waals surface area contributed by atoms with Crippen LogP contribution < -0.4 is 0 Å². The van der Waals surface area contributed by atoms with Gasteiger partial charge in [0.15, 0.2) is 6.29 Å². The van der Waals surface area contributed by atoms with Gasteiger partial charge in [-0.15, -0.1) is 0 Å². The molecule has 2 rings (SSSR count). The van der Waals surface area contributed by atoms with Gasteiger partial charge in [0.05, 0.1) is 6.10 Å². The molecule has 3 unspecified atom stereocenters. The summed E-state index contributed by atoms with van der Waals surface area (Å²) >= 11 is 0. The van der Waals surface area contributed by atoms with Gasteiger partial charge in [-0.1, -0.05) is 66.7 Å². The summed E-state index contributed by atoms with van der Waals surface area (Å²) in [5.74, 6) is 0. The number of benzene rings is 1. The minimum absolute atomic E-state index is 0.0602. The van der Waals surface area contributed by atoms with E-state index in [1.807, 2.05) is 0 Å². The van der Waals surface area contributed by atoms with Gasteiger partial charge in [0.2, 0.25) is 0 Å². The lowest BCUT2D eigenvalue weighted by atomic mass is 9.61. The second-order valence-electron chi connectivity index (χ2n) is 10.8. The number of aryl methyl sites for hydroxylation is 2. The number of aliphatic hydroxyl groups is 1. The zero-order chi connectivity index (χ0) is 19.8. The molecule has 1 N–H and O–H groups in total. The first kappa shape index (κ1) is 21.4. The number of ether oxygens (including phenoxy) is 1. The topological polar surface area (TPSA) is 29.5 Å². The van der Waals surface area contributed by atoms with E-state index in [0.29, 0.717) is 0 Å². The molecule has 2 heteroatoms. The van der Waals surface area contributed by atoms with Crippen LogP contribution in [0.1, 0.15) is 97.4 Å². The van der Waals surface area contributed by atoms with Crippen molar-refractivity contribution in [1.82, 2.24) is 0 Å². The Kier molecular flexibility index (Phi) is 6.30. The summed E-state index contributed by atoms with van der Waals surface area (Å²) in [6.45, 7) is 17.5. The van der Waals surface area contributed by atoms with Crippen LogP contribution in [-0.4, -0.2) is 11.4 Å². The molecule has 2 nitrogen and oxygen atoms in total. The van der Waals surface area contributed by atoms with Gasteiger partial charge in [-0.3, -0.25) is 0 Å². The fourth-order valence-corrected chi connectivity index (χ4v) is 4.25. The van der Waals surface area contributed by atoms with E-state index in [0.717, 1.165) is 6.42 Å². The summed E-state index contributed by atoms with van der Waals surface area (Å²) in [6, 6.07) is 6.73. The van der Waals surface area contributed by atoms with Gasteiger partial charge < -0.3 is 9.84 Å². The number of aliphatic hydroxyl groups excluding tert-OH is 1. The Morgan fingerprint density at radius 2 is 1.54 bits per heavy atom. The van der Waals surface area contributed by atoms with Gasteiger partial charge in [0, 0.05) is 5.41 Å². The summed E-state index contributed by atoms with van der Waals surface area (Å²) in [4.78, 5) is 0. The van der Waals surface area contributed by atoms with E-state index in [9.17, 15) is 5.11 Å². The predicted octanol–water partition coefficient (Wildman–Crippen LogP) is 6.45. The van der Waals surface area contributed by atoms with Crippen LogP contribution in [0.15, 0.2) is 18.2 Å². The van der Waals surface area contributed by atoms with E-state index < -0.39 is 6.29 Å². The maximum atomic E-state index is 11.1. The Morgan fingerprint density at radius 1 is 0.962 bits per heavy atom. The molecule has 0 fully saturated rings. The molecule has 148 valence electrons. The van der Waals surface area contributed by atoms with Crippen LogP contribution in [0, 0.1) is 16.2 Å². The van der Waals surface area contributed by atoms with Crippen molar-refractivity contribution in [2.45, 2.75) is 99.9 Å². The van der Waals surface area contributed by atoms with Crippen molar-refractivity contribution in [3.63, 3.8) is 0 Å². The van der Waals surface area contributed by atoms with Crippen LogP contribution in [0.5, 0.6) is 0 Å². The smallest absolute Gasteiger partial charge is 0.161 e. The lowest BCUT2D eigenvalue weighted by Gasteiger charge is -2.48. The molecule has 1 aliphatic carbocycles. The molecule has 1 aromatic rings. The zero-order valence-corrected chi connectivity index (χ0v) is 18.3. The molecule has 26 heavy (non-hydrogen) atoms. The Bertz CT molecular complexity index is 606. The van der Waals surface area contributed by atoms with Crippen molar-refractivity contribution >= 4 is 0 Å². The first-order valence-corrected chi connectivity index (χ1v) is 10.3. The highest BCUT2D eigenvalue weighted by atomic mass is 16.6. The van der Waals surface area contributed by atoms with Gasteiger partial charge in [-0.2, -0.15) is 0 Å². The number of rotatable bonds is 5. The molecular formula is C24H40O2. The molecule has 0 bridgehead atoms. The van der Waals surface area contributed by atoms with Crippen LogP contribution in [0.2, 0.25) is 0 Å². The van der Waals surface area contributed by atoms with Crippen molar-refractivity contribution in [2.75, 3.05) is 0 Å². The highest BCUT2D eigenvalue weighted by Gasteiger charge is 2.47. The third kappa shape index (κ3) is 4.89. The highest BCUT2D eigenvalue weighted by Crippen LogP contribution is 2.50. The molecular weight excluding hydrogens is 320 g/mol. The molecule has 0 heterocycles. The van der Waals surface area contributed by atoms with E-state index >= 15 is 0 Å². The highest BCUT2D eigenvalue weighted by molar-refractivity contribution is 5.34. The average molecular weight is 361 g/mol. The zero-order valence-electron chi connectivity index (χ0n) is 18.3. The van der Waals surface area contributed by atoms with E-state index in [2.05, 4.69) is 73.6 Å². The Morgan fingerprint density at radius 3 is 2.08 bits per heavy atom. The van der Waals surface area contributed by atoms with Gasteiger partial charge in [0.25, 0.3) is 0 Å². The third-order valence-electron chi connectivity index (χ3n) is 6.33. The van der Waals surface area contributed by atoms with Crippen molar-refractivity contribution in [3.8, 4) is 0 Å². The van der Waals surface area contributed by atoms with Gasteiger partial charge in [0.1, 0.15) is 0 Å². The fourth-order valence-electron chi connectivity index (χ4n) is 4.25. The van der Waals surface area contributed by atoms with Crippen molar-refractivity contribution in [2.24, 2.45) is 16.2 Å². The first-order chi connectivity index (χ1) is 11.8. The van der Waals surface area contributed by atoms with Crippen LogP contribution in [0.4, 0.5) is 0 Å². The standard InChI is InChI=1S/C24H40O2/c1-17(19-14-13-18-11-9-10-12-20(18)15-19)26-21(25)24(8,23(5,6)7)16-22(2,3)4/h13-15,17,21,25H,9-12,16H2,1-8H3. The minimum atomic E-state index is -0.798. The second-order valence-corrected chi connectivity index (χ2v) is 10.8. The predicted molar refractivity (Wildman–Crippen MR) is 110 cm³/mol. The molecule has 0 saturated carbocycles. The van der Waals surface area contributed by atoms with E-state index in [1.54, 1.807) is 0 Å². The molecule has 1 aliphatic rings. The average Bonchev–Trinajstić information content (AvgIpc) is 2.51. The maximum Gasteiger partial charge on any atom is 0.161 e.